The second-order valence-electron chi connectivity index (χ2n) is 4.18. The number of pyridine rings is 1. The number of ether oxygens (including phenoxy) is 1. The van der Waals surface area contributed by atoms with Crippen molar-refractivity contribution >= 4 is 23.3 Å². The van der Waals surface area contributed by atoms with Crippen LogP contribution in [0.4, 0.5) is 11.4 Å². The van der Waals surface area contributed by atoms with Gasteiger partial charge in [-0.15, -0.1) is 0 Å². The Kier molecular flexibility index (Phi) is 4.03. The van der Waals surface area contributed by atoms with Crippen LogP contribution in [0.3, 0.4) is 0 Å². The molecule has 0 fully saturated rings. The van der Waals surface area contributed by atoms with E-state index in [1.807, 2.05) is 0 Å². The summed E-state index contributed by atoms with van der Waals surface area (Å²) in [5.74, 6) is -1.24. The summed E-state index contributed by atoms with van der Waals surface area (Å²) in [5, 5.41) is 11.4. The fourth-order valence-corrected chi connectivity index (χ4v) is 1.72. The minimum atomic E-state index is -1.12. The number of methoxy groups -OCH3 is 1. The molecule has 0 aliphatic carbocycles. The van der Waals surface area contributed by atoms with Crippen LogP contribution >= 0.6 is 0 Å². The van der Waals surface area contributed by atoms with E-state index in [0.717, 1.165) is 0 Å². The monoisotopic (exact) mass is 287 g/mol. The second-order valence-corrected chi connectivity index (χ2v) is 4.18. The number of hydrogen-bond acceptors (Lipinski definition) is 5. The number of carboxylic acids is 1. The number of nitrogens with zero attached hydrogens (tertiary/aromatic N) is 1. The van der Waals surface area contributed by atoms with Crippen LogP contribution in [0.15, 0.2) is 36.7 Å². The maximum Gasteiger partial charge on any atom is 0.337 e. The number of nitrogen functional groups attached to an aromatic ring is 1. The summed E-state index contributed by atoms with van der Waals surface area (Å²) in [7, 11) is 1.43. The molecule has 0 saturated heterocycles. The molecular weight excluding hydrogens is 274 g/mol. The maximum absolute atomic E-state index is 12.2. The van der Waals surface area contributed by atoms with Crippen molar-refractivity contribution in [3.63, 3.8) is 0 Å². The smallest absolute Gasteiger partial charge is 0.337 e. The molecule has 108 valence electrons. The molecule has 7 nitrogen and oxygen atoms in total. The lowest BCUT2D eigenvalue weighted by molar-refractivity contribution is 0.0696. The van der Waals surface area contributed by atoms with Crippen LogP contribution in [-0.2, 0) is 0 Å². The first-order valence-electron chi connectivity index (χ1n) is 5.94. The van der Waals surface area contributed by atoms with Crippen molar-refractivity contribution in [1.82, 2.24) is 4.98 Å². The highest BCUT2D eigenvalue weighted by molar-refractivity contribution is 6.06. The Bertz CT molecular complexity index is 700. The van der Waals surface area contributed by atoms with E-state index >= 15 is 0 Å². The fraction of sp³-hybridized carbons (Fsp3) is 0.0714. The van der Waals surface area contributed by atoms with Crippen molar-refractivity contribution < 1.29 is 19.4 Å². The second kappa shape index (κ2) is 5.91. The van der Waals surface area contributed by atoms with E-state index in [2.05, 4.69) is 10.3 Å². The Morgan fingerprint density at radius 3 is 2.71 bits per heavy atom. The maximum atomic E-state index is 12.2. The SMILES string of the molecule is COc1cc(N)ccc1C(=O)Nc1cncc(C(=O)O)c1. The number of anilines is 2. The quantitative estimate of drug-likeness (QED) is 0.736. The number of carbonyl (C=O) groups is 2. The number of amides is 1. The van der Waals surface area contributed by atoms with Crippen LogP contribution in [-0.4, -0.2) is 29.1 Å². The number of carboxylic acid groups (broad SMARTS) is 1. The number of aromatic carboxylic acids is 1. The first kappa shape index (κ1) is 14.3. The number of nitrogens with two attached hydrogens (primary N) is 1. The van der Waals surface area contributed by atoms with Crippen LogP contribution in [0.1, 0.15) is 20.7 Å². The number of aromatic nitrogens is 1. The average Bonchev–Trinajstić information content (AvgIpc) is 2.47. The van der Waals surface area contributed by atoms with E-state index in [4.69, 9.17) is 15.6 Å². The lowest BCUT2D eigenvalue weighted by Gasteiger charge is -2.10. The van der Waals surface area contributed by atoms with Crippen LogP contribution in [0, 0.1) is 0 Å². The highest BCUT2D eigenvalue weighted by Gasteiger charge is 2.13. The molecule has 1 amide bonds. The van der Waals surface area contributed by atoms with Crippen molar-refractivity contribution in [2.45, 2.75) is 0 Å². The number of hydrogen-bond donors (Lipinski definition) is 3. The molecule has 0 aliphatic heterocycles. The number of rotatable bonds is 4. The van der Waals surface area contributed by atoms with Gasteiger partial charge < -0.3 is 20.9 Å². The molecule has 0 aliphatic rings. The fourth-order valence-electron chi connectivity index (χ4n) is 1.72. The summed E-state index contributed by atoms with van der Waals surface area (Å²) < 4.78 is 5.10. The topological polar surface area (TPSA) is 115 Å². The molecule has 0 atom stereocenters. The van der Waals surface area contributed by atoms with Crippen molar-refractivity contribution in [3.8, 4) is 5.75 Å². The highest BCUT2D eigenvalue weighted by atomic mass is 16.5. The Morgan fingerprint density at radius 2 is 2.05 bits per heavy atom. The molecule has 0 unspecified atom stereocenters. The van der Waals surface area contributed by atoms with Gasteiger partial charge in [0.1, 0.15) is 5.75 Å². The molecule has 2 rings (SSSR count). The van der Waals surface area contributed by atoms with Crippen molar-refractivity contribution in [3.05, 3.63) is 47.8 Å². The Labute approximate surface area is 120 Å². The standard InChI is InChI=1S/C14H13N3O4/c1-21-12-5-9(15)2-3-11(12)13(18)17-10-4-8(14(19)20)6-16-7-10/h2-7H,15H2,1H3,(H,17,18)(H,19,20). The molecule has 2 aromatic rings. The third kappa shape index (κ3) is 3.27. The van der Waals surface area contributed by atoms with Crippen molar-refractivity contribution in [2.24, 2.45) is 0 Å². The summed E-state index contributed by atoms with van der Waals surface area (Å²) in [6, 6.07) is 5.94. The first-order valence-corrected chi connectivity index (χ1v) is 5.94. The molecular formula is C14H13N3O4. The van der Waals surface area contributed by atoms with Gasteiger partial charge in [0.2, 0.25) is 0 Å². The van der Waals surface area contributed by atoms with E-state index in [0.29, 0.717) is 11.4 Å². The van der Waals surface area contributed by atoms with Gasteiger partial charge in [-0.2, -0.15) is 0 Å². The van der Waals surface area contributed by atoms with Crippen LogP contribution in [0.2, 0.25) is 0 Å². The molecule has 1 aromatic carbocycles. The van der Waals surface area contributed by atoms with Gasteiger partial charge in [0.05, 0.1) is 30.1 Å². The molecule has 1 heterocycles. The lowest BCUT2D eigenvalue weighted by Crippen LogP contribution is -2.14. The summed E-state index contributed by atoms with van der Waals surface area (Å²) >= 11 is 0. The number of carbonyl (C=O) groups excluding carboxylic acids is 1. The molecule has 0 bridgehead atoms. The summed E-state index contributed by atoms with van der Waals surface area (Å²) in [5.41, 5.74) is 6.64. The summed E-state index contributed by atoms with van der Waals surface area (Å²) in [6.45, 7) is 0. The van der Waals surface area contributed by atoms with Crippen molar-refractivity contribution in [2.75, 3.05) is 18.2 Å². The zero-order valence-electron chi connectivity index (χ0n) is 11.2. The molecule has 0 saturated carbocycles. The van der Waals surface area contributed by atoms with Gasteiger partial charge in [0.15, 0.2) is 0 Å². The molecule has 4 N–H and O–H groups in total. The zero-order chi connectivity index (χ0) is 15.4. The van der Waals surface area contributed by atoms with E-state index in [1.165, 1.54) is 37.7 Å². The van der Waals surface area contributed by atoms with Gasteiger partial charge in [-0.3, -0.25) is 9.78 Å². The molecule has 7 heteroatoms. The molecule has 0 radical (unpaired) electrons. The summed E-state index contributed by atoms with van der Waals surface area (Å²) in [6.07, 6.45) is 2.55. The van der Waals surface area contributed by atoms with E-state index < -0.39 is 11.9 Å². The average molecular weight is 287 g/mol. The number of nitrogens with one attached hydrogen (secondary N) is 1. The summed E-state index contributed by atoms with van der Waals surface area (Å²) in [4.78, 5) is 26.8. The van der Waals surface area contributed by atoms with Crippen LogP contribution < -0.4 is 15.8 Å². The normalized spacial score (nSPS) is 9.95. The Balaban J connectivity index is 2.26. The van der Waals surface area contributed by atoms with Crippen molar-refractivity contribution in [1.29, 1.82) is 0 Å². The third-order valence-electron chi connectivity index (χ3n) is 2.71. The largest absolute Gasteiger partial charge is 0.496 e. The zero-order valence-corrected chi connectivity index (χ0v) is 11.2. The van der Waals surface area contributed by atoms with Gasteiger partial charge >= 0.3 is 5.97 Å². The minimum Gasteiger partial charge on any atom is -0.496 e. The van der Waals surface area contributed by atoms with E-state index in [1.54, 1.807) is 6.07 Å². The molecule has 21 heavy (non-hydrogen) atoms. The van der Waals surface area contributed by atoms with E-state index in [-0.39, 0.29) is 16.8 Å². The van der Waals surface area contributed by atoms with Gasteiger partial charge in [-0.25, -0.2) is 4.79 Å². The van der Waals surface area contributed by atoms with Gasteiger partial charge in [0.25, 0.3) is 5.91 Å². The Hall–Kier alpha value is -3.09. The number of benzene rings is 1. The van der Waals surface area contributed by atoms with Gasteiger partial charge in [-0.05, 0) is 18.2 Å². The van der Waals surface area contributed by atoms with E-state index in [9.17, 15) is 9.59 Å². The van der Waals surface area contributed by atoms with Gasteiger partial charge in [-0.1, -0.05) is 0 Å². The van der Waals surface area contributed by atoms with Crippen LogP contribution in [0.25, 0.3) is 0 Å². The minimum absolute atomic E-state index is 0.0166. The molecule has 1 aromatic heterocycles. The predicted molar refractivity (Wildman–Crippen MR) is 76.6 cm³/mol. The highest BCUT2D eigenvalue weighted by Crippen LogP contribution is 2.22. The van der Waals surface area contributed by atoms with Crippen LogP contribution in [0.5, 0.6) is 5.75 Å². The first-order chi connectivity index (χ1) is 10.0. The Morgan fingerprint density at radius 1 is 1.29 bits per heavy atom. The van der Waals surface area contributed by atoms with Gasteiger partial charge in [0, 0.05) is 18.0 Å². The third-order valence-corrected chi connectivity index (χ3v) is 2.71. The molecule has 0 spiro atoms. The lowest BCUT2D eigenvalue weighted by atomic mass is 10.1. The predicted octanol–water partition coefficient (Wildman–Crippen LogP) is 1.62.